The first-order valence-corrected chi connectivity index (χ1v) is 6.95. The molecule has 0 aromatic carbocycles. The van der Waals surface area contributed by atoms with Crippen LogP contribution in [-0.2, 0) is 6.54 Å². The maximum absolute atomic E-state index is 12.0. The third-order valence-corrected chi connectivity index (χ3v) is 3.72. The summed E-state index contributed by atoms with van der Waals surface area (Å²) in [6.45, 7) is 5.11. The van der Waals surface area contributed by atoms with Gasteiger partial charge < -0.3 is 15.7 Å². The number of β-amino-alcohol motifs (C(OH)–C–C–N with tert-alkyl or cyclic N) is 1. The summed E-state index contributed by atoms with van der Waals surface area (Å²) in [5.74, 6) is 0.185. The average molecular weight is 282 g/mol. The highest BCUT2D eigenvalue weighted by Gasteiger charge is 2.34. The SMILES string of the molecule is CCCCn1c(N)c(N2CCC(C)(O)C2)c(=O)[nH]c1=O. The number of anilines is 2. The molecule has 1 aliphatic rings. The van der Waals surface area contributed by atoms with E-state index in [1.807, 2.05) is 6.92 Å². The largest absolute Gasteiger partial charge is 0.388 e. The number of unbranched alkanes of at least 4 members (excludes halogenated alkanes) is 1. The highest BCUT2D eigenvalue weighted by Crippen LogP contribution is 2.27. The van der Waals surface area contributed by atoms with Gasteiger partial charge in [0, 0.05) is 19.6 Å². The quantitative estimate of drug-likeness (QED) is 0.714. The van der Waals surface area contributed by atoms with Crippen LogP contribution in [0.25, 0.3) is 0 Å². The lowest BCUT2D eigenvalue weighted by molar-refractivity contribution is 0.0839. The summed E-state index contributed by atoms with van der Waals surface area (Å²) < 4.78 is 1.40. The molecule has 2 rings (SSSR count). The molecule has 1 unspecified atom stereocenters. The molecule has 7 heteroatoms. The third kappa shape index (κ3) is 2.72. The molecule has 0 spiro atoms. The van der Waals surface area contributed by atoms with Crippen LogP contribution in [0.1, 0.15) is 33.1 Å². The van der Waals surface area contributed by atoms with Crippen molar-refractivity contribution in [3.63, 3.8) is 0 Å². The molecule has 1 aromatic rings. The second-order valence-electron chi connectivity index (χ2n) is 5.67. The molecule has 2 heterocycles. The van der Waals surface area contributed by atoms with Crippen LogP contribution >= 0.6 is 0 Å². The molecule has 1 aliphatic heterocycles. The minimum absolute atomic E-state index is 0.185. The highest BCUT2D eigenvalue weighted by molar-refractivity contribution is 5.63. The average Bonchev–Trinajstić information content (AvgIpc) is 2.69. The maximum Gasteiger partial charge on any atom is 0.330 e. The number of hydrogen-bond acceptors (Lipinski definition) is 5. The Bertz CT molecular complexity index is 603. The van der Waals surface area contributed by atoms with Gasteiger partial charge in [0.1, 0.15) is 11.5 Å². The third-order valence-electron chi connectivity index (χ3n) is 3.72. The Balaban J connectivity index is 2.43. The fraction of sp³-hybridized carbons (Fsp3) is 0.692. The number of H-pyrrole nitrogens is 1. The first kappa shape index (κ1) is 14.6. The maximum atomic E-state index is 12.0. The second-order valence-corrected chi connectivity index (χ2v) is 5.67. The molecule has 0 saturated carbocycles. The molecule has 0 radical (unpaired) electrons. The van der Waals surface area contributed by atoms with Crippen LogP contribution in [0, 0.1) is 0 Å². The van der Waals surface area contributed by atoms with Gasteiger partial charge in [-0.1, -0.05) is 13.3 Å². The Kier molecular flexibility index (Phi) is 3.89. The van der Waals surface area contributed by atoms with Crippen molar-refractivity contribution in [3.8, 4) is 0 Å². The first-order chi connectivity index (χ1) is 9.35. The number of nitrogens with one attached hydrogen (secondary N) is 1. The number of nitrogen functional groups attached to an aromatic ring is 1. The van der Waals surface area contributed by atoms with Crippen molar-refractivity contribution in [1.82, 2.24) is 9.55 Å². The molecular weight excluding hydrogens is 260 g/mol. The van der Waals surface area contributed by atoms with Crippen molar-refractivity contribution >= 4 is 11.5 Å². The van der Waals surface area contributed by atoms with Gasteiger partial charge in [-0.3, -0.25) is 14.3 Å². The van der Waals surface area contributed by atoms with E-state index in [0.29, 0.717) is 31.7 Å². The molecule has 112 valence electrons. The summed E-state index contributed by atoms with van der Waals surface area (Å²) >= 11 is 0. The topological polar surface area (TPSA) is 104 Å². The van der Waals surface area contributed by atoms with Crippen LogP contribution in [0.2, 0.25) is 0 Å². The lowest BCUT2D eigenvalue weighted by atomic mass is 10.1. The van der Waals surface area contributed by atoms with Crippen molar-refractivity contribution in [1.29, 1.82) is 0 Å². The van der Waals surface area contributed by atoms with Crippen molar-refractivity contribution in [2.24, 2.45) is 0 Å². The molecule has 0 amide bonds. The van der Waals surface area contributed by atoms with E-state index in [0.717, 1.165) is 12.8 Å². The van der Waals surface area contributed by atoms with Gasteiger partial charge in [0.15, 0.2) is 0 Å². The van der Waals surface area contributed by atoms with Crippen molar-refractivity contribution in [2.45, 2.75) is 45.3 Å². The molecule has 1 atom stereocenters. The predicted octanol–water partition coefficient (Wildman–Crippen LogP) is -0.120. The summed E-state index contributed by atoms with van der Waals surface area (Å²) in [4.78, 5) is 27.9. The molecule has 1 saturated heterocycles. The van der Waals surface area contributed by atoms with Gasteiger partial charge in [0.05, 0.1) is 5.60 Å². The second kappa shape index (κ2) is 5.32. The number of rotatable bonds is 4. The molecule has 20 heavy (non-hydrogen) atoms. The predicted molar refractivity (Wildman–Crippen MR) is 78.1 cm³/mol. The summed E-state index contributed by atoms with van der Waals surface area (Å²) in [5, 5.41) is 10.0. The molecular formula is C13H22N4O3. The van der Waals surface area contributed by atoms with Gasteiger partial charge in [-0.2, -0.15) is 0 Å². The Hall–Kier alpha value is -1.76. The van der Waals surface area contributed by atoms with Crippen molar-refractivity contribution in [3.05, 3.63) is 20.8 Å². The van der Waals surface area contributed by atoms with Gasteiger partial charge >= 0.3 is 5.69 Å². The van der Waals surface area contributed by atoms with E-state index in [1.54, 1.807) is 11.8 Å². The lowest BCUT2D eigenvalue weighted by Crippen LogP contribution is -2.39. The summed E-state index contributed by atoms with van der Waals surface area (Å²) in [6, 6.07) is 0. The number of hydrogen-bond donors (Lipinski definition) is 3. The Morgan fingerprint density at radius 3 is 2.70 bits per heavy atom. The van der Waals surface area contributed by atoms with Gasteiger partial charge in [0.2, 0.25) is 0 Å². The standard InChI is InChI=1S/C13H22N4O3/c1-3-4-6-17-10(14)9(11(18)15-12(17)19)16-7-5-13(2,20)8-16/h20H,3-8,14H2,1-2H3,(H,15,18,19). The molecule has 4 N–H and O–H groups in total. The number of aromatic amines is 1. The van der Waals surface area contributed by atoms with E-state index in [2.05, 4.69) is 4.98 Å². The van der Waals surface area contributed by atoms with Crippen molar-refractivity contribution in [2.75, 3.05) is 23.7 Å². The van der Waals surface area contributed by atoms with Gasteiger partial charge in [-0.05, 0) is 19.8 Å². The van der Waals surface area contributed by atoms with Crippen LogP contribution in [0.4, 0.5) is 11.5 Å². The molecule has 7 nitrogen and oxygen atoms in total. The Labute approximate surface area is 117 Å². The van der Waals surface area contributed by atoms with E-state index >= 15 is 0 Å². The monoisotopic (exact) mass is 282 g/mol. The lowest BCUT2D eigenvalue weighted by Gasteiger charge is -2.22. The van der Waals surface area contributed by atoms with Crippen LogP contribution in [0.15, 0.2) is 9.59 Å². The number of aliphatic hydroxyl groups is 1. The zero-order chi connectivity index (χ0) is 14.9. The fourth-order valence-electron chi connectivity index (χ4n) is 2.56. The molecule has 0 aliphatic carbocycles. The van der Waals surface area contributed by atoms with E-state index in [9.17, 15) is 14.7 Å². The smallest absolute Gasteiger partial charge is 0.330 e. The van der Waals surface area contributed by atoms with Gasteiger partial charge in [-0.25, -0.2) is 4.79 Å². The summed E-state index contributed by atoms with van der Waals surface area (Å²) in [5.41, 5.74) is 4.51. The normalized spacial score (nSPS) is 22.4. The van der Waals surface area contributed by atoms with Gasteiger partial charge in [0.25, 0.3) is 5.56 Å². The molecule has 1 fully saturated rings. The minimum atomic E-state index is -0.830. The Morgan fingerprint density at radius 1 is 1.45 bits per heavy atom. The van der Waals surface area contributed by atoms with Crippen molar-refractivity contribution < 1.29 is 5.11 Å². The number of nitrogens with two attached hydrogens (primary N) is 1. The van der Waals surface area contributed by atoms with E-state index in [1.165, 1.54) is 4.57 Å². The van der Waals surface area contributed by atoms with Gasteiger partial charge in [-0.15, -0.1) is 0 Å². The highest BCUT2D eigenvalue weighted by atomic mass is 16.3. The van der Waals surface area contributed by atoms with Crippen LogP contribution in [-0.4, -0.2) is 33.3 Å². The van der Waals surface area contributed by atoms with E-state index < -0.39 is 16.9 Å². The molecule has 1 aromatic heterocycles. The first-order valence-electron chi connectivity index (χ1n) is 6.95. The Morgan fingerprint density at radius 2 is 2.15 bits per heavy atom. The summed E-state index contributed by atoms with van der Waals surface area (Å²) in [6.07, 6.45) is 2.31. The van der Waals surface area contributed by atoms with Crippen LogP contribution in [0.5, 0.6) is 0 Å². The zero-order valence-electron chi connectivity index (χ0n) is 12.0. The summed E-state index contributed by atoms with van der Waals surface area (Å²) in [7, 11) is 0. The zero-order valence-corrected chi connectivity index (χ0v) is 12.0. The van der Waals surface area contributed by atoms with E-state index in [-0.39, 0.29) is 5.82 Å². The molecule has 0 bridgehead atoms. The number of nitrogens with zero attached hydrogens (tertiary/aromatic N) is 2. The van der Waals surface area contributed by atoms with Crippen LogP contribution < -0.4 is 21.9 Å². The van der Waals surface area contributed by atoms with Crippen LogP contribution in [0.3, 0.4) is 0 Å². The minimum Gasteiger partial charge on any atom is -0.388 e. The number of aromatic nitrogens is 2. The fourth-order valence-corrected chi connectivity index (χ4v) is 2.56. The van der Waals surface area contributed by atoms with E-state index in [4.69, 9.17) is 5.73 Å².